The normalized spacial score (nSPS) is 11.4. The van der Waals surface area contributed by atoms with E-state index in [-0.39, 0.29) is 0 Å². The van der Waals surface area contributed by atoms with Gasteiger partial charge in [0.15, 0.2) is 23.0 Å². The number of rotatable bonds is 6. The molecule has 0 aliphatic carbocycles. The number of carbonyl (C=O) groups excluding carboxylic acids is 1. The lowest BCUT2D eigenvalue weighted by atomic mass is 10.1. The molecule has 0 saturated carbocycles. The molecular weight excluding hydrogens is 423 g/mol. The van der Waals surface area contributed by atoms with E-state index in [2.05, 4.69) is 0 Å². The van der Waals surface area contributed by atoms with Crippen LogP contribution in [-0.2, 0) is 11.3 Å². The molecule has 0 unspecified atom stereocenters. The zero-order valence-corrected chi connectivity index (χ0v) is 16.0. The molecule has 0 saturated heterocycles. The zero-order valence-electron chi connectivity index (χ0n) is 16.0. The molecule has 0 aliphatic heterocycles. The number of aromatic hydroxyl groups is 1. The van der Waals surface area contributed by atoms with Crippen molar-refractivity contribution in [1.82, 2.24) is 4.90 Å². The molecule has 0 aromatic heterocycles. The van der Waals surface area contributed by atoms with E-state index in [4.69, 9.17) is 4.74 Å². The minimum Gasteiger partial charge on any atom is -0.506 e. The van der Waals surface area contributed by atoms with Gasteiger partial charge < -0.3 is 19.8 Å². The van der Waals surface area contributed by atoms with Crippen LogP contribution in [0.4, 0.5) is 18.9 Å². The summed E-state index contributed by atoms with van der Waals surface area (Å²) in [6, 6.07) is 3.95. The Bertz CT molecular complexity index is 1140. The van der Waals surface area contributed by atoms with Gasteiger partial charge in [0, 0.05) is 36.9 Å². The molecule has 0 fully saturated rings. The summed E-state index contributed by atoms with van der Waals surface area (Å²) in [7, 11) is 2.19. The van der Waals surface area contributed by atoms with Crippen LogP contribution in [0.5, 0.6) is 11.5 Å². The third kappa shape index (κ3) is 4.67. The van der Waals surface area contributed by atoms with Crippen molar-refractivity contribution in [3.8, 4) is 17.6 Å². The van der Waals surface area contributed by atoms with Crippen molar-refractivity contribution in [2.24, 2.45) is 0 Å². The smallest absolute Gasteiger partial charge is 0.315 e. The molecule has 2 aromatic carbocycles. The van der Waals surface area contributed by atoms with E-state index in [1.807, 2.05) is 0 Å². The predicted octanol–water partition coefficient (Wildman–Crippen LogP) is 3.18. The van der Waals surface area contributed by atoms with E-state index in [1.165, 1.54) is 6.07 Å². The largest absolute Gasteiger partial charge is 0.506 e. The van der Waals surface area contributed by atoms with Gasteiger partial charge in [0.25, 0.3) is 5.91 Å². The van der Waals surface area contributed by atoms with Crippen LogP contribution in [0.3, 0.4) is 0 Å². The third-order valence-corrected chi connectivity index (χ3v) is 4.15. The molecule has 1 amide bonds. The van der Waals surface area contributed by atoms with Crippen LogP contribution in [-0.4, -0.2) is 40.1 Å². The van der Waals surface area contributed by atoms with Gasteiger partial charge in [-0.15, -0.1) is 0 Å². The molecule has 2 N–H and O–H groups in total. The van der Waals surface area contributed by atoms with Crippen LogP contribution in [0.15, 0.2) is 29.8 Å². The molecular formula is C19H14F3N3O6. The minimum absolute atomic E-state index is 0.295. The van der Waals surface area contributed by atoms with Crippen molar-refractivity contribution in [2.45, 2.75) is 6.54 Å². The van der Waals surface area contributed by atoms with Crippen molar-refractivity contribution in [3.63, 3.8) is 0 Å². The molecule has 2 aromatic rings. The molecule has 9 nitrogen and oxygen atoms in total. The van der Waals surface area contributed by atoms with E-state index in [0.29, 0.717) is 18.2 Å². The van der Waals surface area contributed by atoms with E-state index >= 15 is 0 Å². The molecule has 31 heavy (non-hydrogen) atoms. The molecule has 0 radical (unpaired) electrons. The van der Waals surface area contributed by atoms with Gasteiger partial charge in [0.2, 0.25) is 5.75 Å². The summed E-state index contributed by atoms with van der Waals surface area (Å²) in [4.78, 5) is 23.4. The minimum atomic E-state index is -1.42. The number of ether oxygens (including phenoxy) is 1. The summed E-state index contributed by atoms with van der Waals surface area (Å²) >= 11 is 0. The topological polar surface area (TPSA) is 137 Å². The SMILES string of the molecule is COc1cc(/C(O)=C(\C#N)C(=O)N(C)Cc2cc(F)c(F)cc2F)cc([N+](=O)[O-])c1O. The van der Waals surface area contributed by atoms with Gasteiger partial charge in [-0.3, -0.25) is 14.9 Å². The Kier molecular flexibility index (Phi) is 6.71. The number of carbonyl (C=O) groups is 1. The number of phenols is 1. The maximum atomic E-state index is 13.8. The quantitative estimate of drug-likeness (QED) is 0.177. The number of benzene rings is 2. The van der Waals surface area contributed by atoms with Crippen LogP contribution >= 0.6 is 0 Å². The maximum Gasteiger partial charge on any atom is 0.315 e. The number of hydrogen-bond acceptors (Lipinski definition) is 7. The summed E-state index contributed by atoms with van der Waals surface area (Å²) in [5, 5.41) is 40.6. The predicted molar refractivity (Wildman–Crippen MR) is 99.3 cm³/mol. The lowest BCUT2D eigenvalue weighted by Gasteiger charge is -2.18. The first-order valence-electron chi connectivity index (χ1n) is 8.29. The molecule has 162 valence electrons. The number of methoxy groups -OCH3 is 1. The fourth-order valence-corrected chi connectivity index (χ4v) is 2.57. The molecule has 0 bridgehead atoms. The maximum absolute atomic E-state index is 13.8. The number of nitriles is 1. The molecule has 0 atom stereocenters. The number of nitro groups is 1. The first kappa shape index (κ1) is 23.0. The highest BCUT2D eigenvalue weighted by Gasteiger charge is 2.26. The third-order valence-electron chi connectivity index (χ3n) is 4.15. The molecule has 0 spiro atoms. The van der Waals surface area contributed by atoms with Gasteiger partial charge in [-0.1, -0.05) is 0 Å². The number of halogens is 3. The van der Waals surface area contributed by atoms with Crippen LogP contribution in [0.1, 0.15) is 11.1 Å². The average molecular weight is 437 g/mol. The Hall–Kier alpha value is -4.27. The van der Waals surface area contributed by atoms with Crippen molar-refractivity contribution in [3.05, 3.63) is 68.5 Å². The van der Waals surface area contributed by atoms with Gasteiger partial charge in [-0.2, -0.15) is 5.26 Å². The number of aliphatic hydroxyl groups is 1. The summed E-state index contributed by atoms with van der Waals surface area (Å²) in [5.41, 5.74) is -2.53. The van der Waals surface area contributed by atoms with Crippen molar-refractivity contribution >= 4 is 17.4 Å². The van der Waals surface area contributed by atoms with E-state index in [1.54, 1.807) is 0 Å². The molecule has 12 heteroatoms. The number of aliphatic hydroxyl groups excluding tert-OH is 1. The summed E-state index contributed by atoms with van der Waals surface area (Å²) in [6.45, 7) is -0.584. The number of phenolic OH excluding ortho intramolecular Hbond substituents is 1. The fraction of sp³-hybridized carbons (Fsp3) is 0.158. The Labute approximate surface area is 173 Å². The van der Waals surface area contributed by atoms with E-state index in [9.17, 15) is 43.6 Å². The summed E-state index contributed by atoms with van der Waals surface area (Å²) in [5.74, 6) is -7.26. The lowest BCUT2D eigenvalue weighted by molar-refractivity contribution is -0.386. The van der Waals surface area contributed by atoms with Gasteiger partial charge in [-0.25, -0.2) is 13.2 Å². The Morgan fingerprint density at radius 2 is 1.84 bits per heavy atom. The standard InChI is InChI=1S/C19H14F3N3O6/c1-24(8-10-3-13(21)14(22)6-12(10)20)19(28)11(7-23)17(26)9-4-15(25(29)30)18(27)16(5-9)31-2/h3-6,26-27H,8H2,1-2H3/b17-11-. The first-order valence-corrected chi connectivity index (χ1v) is 8.29. The van der Waals surface area contributed by atoms with Crippen LogP contribution in [0, 0.1) is 38.9 Å². The molecule has 2 rings (SSSR count). The number of likely N-dealkylation sites (N-methyl/N-ethyl adjacent to an activating group) is 1. The van der Waals surface area contributed by atoms with Gasteiger partial charge in [0.1, 0.15) is 17.6 Å². The van der Waals surface area contributed by atoms with Gasteiger partial charge in [-0.05, 0) is 12.1 Å². The van der Waals surface area contributed by atoms with Crippen molar-refractivity contribution in [1.29, 1.82) is 5.26 Å². The number of hydrogen-bond donors (Lipinski definition) is 2. The highest BCUT2D eigenvalue weighted by atomic mass is 19.2. The van der Waals surface area contributed by atoms with E-state index < -0.39 is 74.5 Å². The first-order chi connectivity index (χ1) is 14.5. The van der Waals surface area contributed by atoms with Crippen LogP contribution in [0.25, 0.3) is 5.76 Å². The number of nitrogens with zero attached hydrogens (tertiary/aromatic N) is 3. The second-order valence-electron chi connectivity index (χ2n) is 6.16. The second-order valence-corrected chi connectivity index (χ2v) is 6.16. The lowest BCUT2D eigenvalue weighted by Crippen LogP contribution is -2.28. The fourth-order valence-electron chi connectivity index (χ4n) is 2.57. The Morgan fingerprint density at radius 3 is 2.39 bits per heavy atom. The summed E-state index contributed by atoms with van der Waals surface area (Å²) < 4.78 is 45.0. The monoisotopic (exact) mass is 437 g/mol. The van der Waals surface area contributed by atoms with Crippen molar-refractivity contribution in [2.75, 3.05) is 14.2 Å². The number of nitro benzene ring substituents is 1. The Balaban J connectivity index is 2.47. The zero-order chi connectivity index (χ0) is 23.5. The average Bonchev–Trinajstić information content (AvgIpc) is 2.72. The highest BCUT2D eigenvalue weighted by Crippen LogP contribution is 2.38. The summed E-state index contributed by atoms with van der Waals surface area (Å²) in [6.07, 6.45) is 0. The van der Waals surface area contributed by atoms with Crippen molar-refractivity contribution < 1.29 is 37.8 Å². The van der Waals surface area contributed by atoms with Crippen LogP contribution < -0.4 is 4.74 Å². The van der Waals surface area contributed by atoms with Gasteiger partial charge >= 0.3 is 5.69 Å². The van der Waals surface area contributed by atoms with E-state index in [0.717, 1.165) is 25.1 Å². The molecule has 0 aliphatic rings. The Morgan fingerprint density at radius 1 is 1.23 bits per heavy atom. The molecule has 0 heterocycles. The van der Waals surface area contributed by atoms with Gasteiger partial charge in [0.05, 0.1) is 12.0 Å². The highest BCUT2D eigenvalue weighted by molar-refractivity contribution is 6.03. The second kappa shape index (κ2) is 9.04. The number of amides is 1. The van der Waals surface area contributed by atoms with Crippen LogP contribution in [0.2, 0.25) is 0 Å².